The highest BCUT2D eigenvalue weighted by atomic mass is 32.2. The van der Waals surface area contributed by atoms with Crippen LogP contribution in [0.3, 0.4) is 0 Å². The first-order chi connectivity index (χ1) is 16.5. The average molecular weight is 476 g/mol. The fraction of sp³-hybridized carbons (Fsp3) is 0.120. The van der Waals surface area contributed by atoms with Crippen LogP contribution in [0.5, 0.6) is 0 Å². The van der Waals surface area contributed by atoms with Crippen molar-refractivity contribution in [2.45, 2.75) is 17.9 Å². The van der Waals surface area contributed by atoms with Crippen LogP contribution in [0, 0.1) is 6.92 Å². The van der Waals surface area contributed by atoms with Crippen molar-refractivity contribution in [1.29, 1.82) is 0 Å². The van der Waals surface area contributed by atoms with Crippen molar-refractivity contribution < 1.29 is 23.5 Å². The number of hydrogen-bond donors (Lipinski definition) is 2. The average Bonchev–Trinajstić information content (AvgIpc) is 3.28. The molecule has 0 aliphatic heterocycles. The number of fused-ring (bicyclic) bond motifs is 1. The smallest absolute Gasteiger partial charge is 0.338 e. The monoisotopic (exact) mass is 475 g/mol. The number of para-hydroxylation sites is 2. The minimum Gasteiger partial charge on any atom is -0.452 e. The van der Waals surface area contributed by atoms with E-state index >= 15 is 0 Å². The Balaban J connectivity index is 1.29. The van der Waals surface area contributed by atoms with Crippen molar-refractivity contribution in [3.63, 3.8) is 0 Å². The Hall–Kier alpha value is -4.11. The molecule has 0 saturated heterocycles. The molecular weight excluding hydrogens is 454 g/mol. The zero-order chi connectivity index (χ0) is 23.9. The van der Waals surface area contributed by atoms with E-state index in [4.69, 9.17) is 9.15 Å². The van der Waals surface area contributed by atoms with Crippen molar-refractivity contribution in [3.8, 4) is 0 Å². The number of rotatable bonds is 7. The summed E-state index contributed by atoms with van der Waals surface area (Å²) in [5, 5.41) is 0.494. The largest absolute Gasteiger partial charge is 0.452 e. The van der Waals surface area contributed by atoms with Crippen LogP contribution in [0.2, 0.25) is 0 Å². The Bertz CT molecular complexity index is 1300. The van der Waals surface area contributed by atoms with E-state index in [-0.39, 0.29) is 0 Å². The maximum Gasteiger partial charge on any atom is 0.338 e. The van der Waals surface area contributed by atoms with E-state index in [0.29, 0.717) is 33.2 Å². The molecule has 8 nitrogen and oxygen atoms in total. The maximum absolute atomic E-state index is 12.6. The summed E-state index contributed by atoms with van der Waals surface area (Å²) in [5.74, 6) is -1.35. The predicted octanol–water partition coefficient (Wildman–Crippen LogP) is 4.05. The molecule has 0 spiro atoms. The van der Waals surface area contributed by atoms with Crippen molar-refractivity contribution in [2.75, 3.05) is 6.61 Å². The molecule has 1 heterocycles. The first-order valence-electron chi connectivity index (χ1n) is 10.4. The highest BCUT2D eigenvalue weighted by Crippen LogP contribution is 2.27. The lowest BCUT2D eigenvalue weighted by Crippen LogP contribution is -2.43. The number of aromatic nitrogens is 1. The van der Waals surface area contributed by atoms with Gasteiger partial charge >= 0.3 is 5.97 Å². The van der Waals surface area contributed by atoms with Crippen molar-refractivity contribution in [3.05, 3.63) is 95.1 Å². The second-order valence-electron chi connectivity index (χ2n) is 7.34. The van der Waals surface area contributed by atoms with Gasteiger partial charge in [-0.25, -0.2) is 9.78 Å². The fourth-order valence-electron chi connectivity index (χ4n) is 3.05. The third-order valence-electron chi connectivity index (χ3n) is 4.83. The SMILES string of the molecule is Cc1ccc(C(=O)NNC(=O)COC(=O)c2ccccc2CSc2nc3ccccc3o2)cc1. The van der Waals surface area contributed by atoms with Crippen LogP contribution in [-0.4, -0.2) is 29.4 Å². The van der Waals surface area contributed by atoms with Crippen molar-refractivity contribution >= 4 is 40.6 Å². The van der Waals surface area contributed by atoms with E-state index in [9.17, 15) is 14.4 Å². The molecule has 0 atom stereocenters. The number of hydrogen-bond acceptors (Lipinski definition) is 7. The molecule has 172 valence electrons. The van der Waals surface area contributed by atoms with E-state index in [1.165, 1.54) is 11.8 Å². The zero-order valence-corrected chi connectivity index (χ0v) is 19.1. The van der Waals surface area contributed by atoms with Gasteiger partial charge in [-0.15, -0.1) is 0 Å². The molecule has 0 radical (unpaired) electrons. The van der Waals surface area contributed by atoms with Crippen molar-refractivity contribution in [1.82, 2.24) is 15.8 Å². The Morgan fingerprint density at radius 2 is 1.68 bits per heavy atom. The fourth-order valence-corrected chi connectivity index (χ4v) is 3.89. The molecule has 0 aliphatic carbocycles. The molecule has 0 saturated carbocycles. The Kier molecular flexibility index (Phi) is 7.24. The minimum atomic E-state index is -0.660. The summed E-state index contributed by atoms with van der Waals surface area (Å²) < 4.78 is 10.8. The van der Waals surface area contributed by atoms with Gasteiger partial charge in [-0.05, 0) is 42.8 Å². The van der Waals surface area contributed by atoms with Crippen LogP contribution in [0.25, 0.3) is 11.1 Å². The molecule has 2 N–H and O–H groups in total. The number of hydrazine groups is 1. The van der Waals surface area contributed by atoms with E-state index in [0.717, 1.165) is 11.1 Å². The summed E-state index contributed by atoms with van der Waals surface area (Å²) in [7, 11) is 0. The quantitative estimate of drug-likeness (QED) is 0.236. The van der Waals surface area contributed by atoms with Gasteiger partial charge in [-0.2, -0.15) is 0 Å². The number of aryl methyl sites for hydroxylation is 1. The van der Waals surface area contributed by atoms with Gasteiger partial charge in [0, 0.05) is 11.3 Å². The molecule has 9 heteroatoms. The first-order valence-corrected chi connectivity index (χ1v) is 11.4. The van der Waals surface area contributed by atoms with Gasteiger partial charge in [0.05, 0.1) is 5.56 Å². The summed E-state index contributed by atoms with van der Waals surface area (Å²) in [4.78, 5) is 41.1. The van der Waals surface area contributed by atoms with Crippen LogP contribution in [0.4, 0.5) is 0 Å². The second-order valence-corrected chi connectivity index (χ2v) is 8.26. The number of nitrogens with zero attached hydrogens (tertiary/aromatic N) is 1. The maximum atomic E-state index is 12.6. The highest BCUT2D eigenvalue weighted by molar-refractivity contribution is 7.98. The molecule has 0 bridgehead atoms. The van der Waals surface area contributed by atoms with E-state index in [1.54, 1.807) is 42.5 Å². The van der Waals surface area contributed by atoms with Crippen LogP contribution < -0.4 is 10.9 Å². The summed E-state index contributed by atoms with van der Waals surface area (Å²) in [5.41, 5.74) is 8.44. The molecule has 4 rings (SSSR count). The number of esters is 1. The van der Waals surface area contributed by atoms with Crippen LogP contribution in [0.1, 0.15) is 31.8 Å². The number of oxazole rings is 1. The zero-order valence-electron chi connectivity index (χ0n) is 18.2. The van der Waals surface area contributed by atoms with Gasteiger partial charge in [0.25, 0.3) is 17.0 Å². The molecule has 0 aliphatic rings. The summed E-state index contributed by atoms with van der Waals surface area (Å²) in [6.07, 6.45) is 0. The predicted molar refractivity (Wildman–Crippen MR) is 127 cm³/mol. The van der Waals surface area contributed by atoms with Crippen LogP contribution in [0.15, 0.2) is 82.4 Å². The van der Waals surface area contributed by atoms with Crippen LogP contribution >= 0.6 is 11.8 Å². The van der Waals surface area contributed by atoms with E-state index in [2.05, 4.69) is 15.8 Å². The van der Waals surface area contributed by atoms with Gasteiger partial charge in [-0.3, -0.25) is 20.4 Å². The normalized spacial score (nSPS) is 10.6. The molecule has 0 unspecified atom stereocenters. The number of carbonyl (C=O) groups excluding carboxylic acids is 3. The molecule has 34 heavy (non-hydrogen) atoms. The molecule has 2 amide bonds. The highest BCUT2D eigenvalue weighted by Gasteiger charge is 2.16. The molecule has 0 fully saturated rings. The lowest BCUT2D eigenvalue weighted by atomic mass is 10.1. The molecular formula is C25H21N3O5S. The Morgan fingerprint density at radius 3 is 2.47 bits per heavy atom. The number of nitrogens with one attached hydrogen (secondary N) is 2. The van der Waals surface area contributed by atoms with E-state index in [1.807, 2.05) is 37.3 Å². The number of carbonyl (C=O) groups is 3. The van der Waals surface area contributed by atoms with Gasteiger partial charge in [0.15, 0.2) is 12.2 Å². The van der Waals surface area contributed by atoms with Gasteiger partial charge in [0.1, 0.15) is 5.52 Å². The molecule has 4 aromatic rings. The number of ether oxygens (including phenoxy) is 1. The van der Waals surface area contributed by atoms with E-state index < -0.39 is 24.4 Å². The molecule has 3 aromatic carbocycles. The lowest BCUT2D eigenvalue weighted by Gasteiger charge is -2.10. The third-order valence-corrected chi connectivity index (χ3v) is 5.70. The van der Waals surface area contributed by atoms with Gasteiger partial charge in [0.2, 0.25) is 0 Å². The minimum absolute atomic E-state index is 0.336. The Morgan fingerprint density at radius 1 is 0.941 bits per heavy atom. The summed E-state index contributed by atoms with van der Waals surface area (Å²) in [6.45, 7) is 1.37. The lowest BCUT2D eigenvalue weighted by molar-refractivity contribution is -0.125. The number of amides is 2. The first kappa shape index (κ1) is 23.1. The topological polar surface area (TPSA) is 111 Å². The van der Waals surface area contributed by atoms with Gasteiger partial charge in [-0.1, -0.05) is 59.8 Å². The van der Waals surface area contributed by atoms with Crippen LogP contribution in [-0.2, 0) is 15.3 Å². The summed E-state index contributed by atoms with van der Waals surface area (Å²) in [6, 6.07) is 21.3. The third kappa shape index (κ3) is 5.81. The number of thioether (sulfide) groups is 1. The summed E-state index contributed by atoms with van der Waals surface area (Å²) >= 11 is 1.35. The Labute approximate surface area is 199 Å². The van der Waals surface area contributed by atoms with Gasteiger partial charge < -0.3 is 9.15 Å². The second kappa shape index (κ2) is 10.7. The standard InChI is InChI=1S/C25H21N3O5S/c1-16-10-12-17(13-11-16)23(30)28-27-22(29)14-32-24(31)19-7-3-2-6-18(19)15-34-25-26-20-8-4-5-9-21(20)33-25/h2-13H,14-15H2,1H3,(H,27,29)(H,28,30). The van der Waals surface area contributed by atoms with Crippen molar-refractivity contribution in [2.24, 2.45) is 0 Å². The number of benzene rings is 3. The molecule has 1 aromatic heterocycles.